The number of nitrogens with one attached hydrogen (secondary N) is 1. The molecule has 0 aromatic heterocycles. The molecule has 0 saturated carbocycles. The number of amides is 1. The topological polar surface area (TPSA) is 29.1 Å². The summed E-state index contributed by atoms with van der Waals surface area (Å²) in [4.78, 5) is 12.1. The van der Waals surface area contributed by atoms with Crippen LogP contribution in [0.4, 0.5) is 0 Å². The molecule has 106 valence electrons. The Balaban J connectivity index is 2.02. The molecule has 0 fully saturated rings. The summed E-state index contributed by atoms with van der Waals surface area (Å²) in [6, 6.07) is 14.7. The van der Waals surface area contributed by atoms with E-state index in [1.54, 1.807) is 0 Å². The number of carbonyl (C=O) groups is 1. The van der Waals surface area contributed by atoms with Crippen LogP contribution in [0.2, 0.25) is 0 Å². The summed E-state index contributed by atoms with van der Waals surface area (Å²) < 4.78 is 0. The van der Waals surface area contributed by atoms with Crippen LogP contribution in [0, 0.1) is 0 Å². The largest absolute Gasteiger partial charge is 0.353 e. The molecule has 20 heavy (non-hydrogen) atoms. The molecule has 2 nitrogen and oxygen atoms in total. The summed E-state index contributed by atoms with van der Waals surface area (Å²) in [7, 11) is 0. The van der Waals surface area contributed by atoms with E-state index in [2.05, 4.69) is 52.4 Å². The van der Waals surface area contributed by atoms with Crippen LogP contribution in [-0.2, 0) is 11.2 Å². The molecule has 3 heteroatoms. The molecular weight excluding hydrogens is 314 g/mol. The van der Waals surface area contributed by atoms with Gasteiger partial charge in [-0.2, -0.15) is 0 Å². The Bertz CT molecular complexity index is 582. The first-order valence-corrected chi connectivity index (χ1v) is 8.18. The van der Waals surface area contributed by atoms with Crippen LogP contribution in [0.1, 0.15) is 25.3 Å². The maximum Gasteiger partial charge on any atom is 0.224 e. The summed E-state index contributed by atoms with van der Waals surface area (Å²) >= 11 is 3.42. The average molecular weight is 334 g/mol. The van der Waals surface area contributed by atoms with Crippen molar-refractivity contribution in [1.82, 2.24) is 5.32 Å². The van der Waals surface area contributed by atoms with Crippen LogP contribution in [0.15, 0.2) is 42.5 Å². The Hall–Kier alpha value is -1.35. The van der Waals surface area contributed by atoms with Gasteiger partial charge in [-0.25, -0.2) is 0 Å². The van der Waals surface area contributed by atoms with E-state index in [0.717, 1.165) is 23.7 Å². The zero-order valence-electron chi connectivity index (χ0n) is 11.7. The predicted octanol–water partition coefficient (Wildman–Crippen LogP) is 4.06. The van der Waals surface area contributed by atoms with Crippen LogP contribution >= 0.6 is 15.9 Å². The van der Waals surface area contributed by atoms with Crippen molar-refractivity contribution >= 4 is 32.6 Å². The molecule has 1 N–H and O–H groups in total. The smallest absolute Gasteiger partial charge is 0.224 e. The normalized spacial score (nSPS) is 12.3. The second-order valence-corrected chi connectivity index (χ2v) is 5.80. The van der Waals surface area contributed by atoms with Gasteiger partial charge in [-0.1, -0.05) is 65.3 Å². The first kappa shape index (κ1) is 15.0. The lowest BCUT2D eigenvalue weighted by molar-refractivity contribution is -0.121. The Morgan fingerprint density at radius 1 is 1.20 bits per heavy atom. The molecule has 0 aliphatic carbocycles. The highest BCUT2D eigenvalue weighted by molar-refractivity contribution is 9.09. The molecule has 2 rings (SSSR count). The van der Waals surface area contributed by atoms with Crippen molar-refractivity contribution < 1.29 is 4.79 Å². The van der Waals surface area contributed by atoms with E-state index in [1.807, 2.05) is 18.2 Å². The van der Waals surface area contributed by atoms with Gasteiger partial charge in [0.1, 0.15) is 0 Å². The highest BCUT2D eigenvalue weighted by Gasteiger charge is 2.10. The molecule has 0 heterocycles. The molecule has 0 bridgehead atoms. The molecular formula is C17H20BrNO. The Morgan fingerprint density at radius 3 is 2.65 bits per heavy atom. The number of alkyl halides is 1. The van der Waals surface area contributed by atoms with Gasteiger partial charge in [-0.05, 0) is 29.2 Å². The van der Waals surface area contributed by atoms with Gasteiger partial charge in [0.25, 0.3) is 0 Å². The summed E-state index contributed by atoms with van der Waals surface area (Å²) in [5, 5.41) is 6.41. The molecule has 1 atom stereocenters. The standard InChI is InChI=1S/C17H20BrNO/c1-2-16(9-10-18)19-17(20)12-13-7-8-14-5-3-4-6-15(14)11-13/h3-8,11,16H,2,9-10,12H2,1H3,(H,19,20). The Morgan fingerprint density at radius 2 is 1.95 bits per heavy atom. The molecule has 0 aliphatic heterocycles. The first-order valence-electron chi connectivity index (χ1n) is 7.06. The van der Waals surface area contributed by atoms with E-state index >= 15 is 0 Å². The third-order valence-corrected chi connectivity index (χ3v) is 3.95. The monoisotopic (exact) mass is 333 g/mol. The second-order valence-electron chi connectivity index (χ2n) is 5.01. The van der Waals surface area contributed by atoms with Gasteiger partial charge in [0.05, 0.1) is 6.42 Å². The number of halogens is 1. The van der Waals surface area contributed by atoms with E-state index in [0.29, 0.717) is 6.42 Å². The van der Waals surface area contributed by atoms with Gasteiger partial charge < -0.3 is 5.32 Å². The summed E-state index contributed by atoms with van der Waals surface area (Å²) in [6.45, 7) is 2.10. The van der Waals surface area contributed by atoms with E-state index < -0.39 is 0 Å². The Labute approximate surface area is 128 Å². The fraction of sp³-hybridized carbons (Fsp3) is 0.353. The highest BCUT2D eigenvalue weighted by Crippen LogP contribution is 2.16. The summed E-state index contributed by atoms with van der Waals surface area (Å²) in [5.74, 6) is 0.105. The maximum atomic E-state index is 12.1. The minimum atomic E-state index is 0.105. The van der Waals surface area contributed by atoms with Crippen molar-refractivity contribution in [2.45, 2.75) is 32.2 Å². The predicted molar refractivity (Wildman–Crippen MR) is 88.3 cm³/mol. The first-order chi connectivity index (χ1) is 9.72. The third kappa shape index (κ3) is 4.07. The second kappa shape index (κ2) is 7.44. The van der Waals surface area contributed by atoms with Crippen LogP contribution in [0.5, 0.6) is 0 Å². The van der Waals surface area contributed by atoms with Gasteiger partial charge in [0.2, 0.25) is 5.91 Å². The van der Waals surface area contributed by atoms with Gasteiger partial charge in [0.15, 0.2) is 0 Å². The van der Waals surface area contributed by atoms with E-state index in [9.17, 15) is 4.79 Å². The van der Waals surface area contributed by atoms with E-state index in [1.165, 1.54) is 10.8 Å². The van der Waals surface area contributed by atoms with Crippen molar-refractivity contribution in [2.75, 3.05) is 5.33 Å². The van der Waals surface area contributed by atoms with Gasteiger partial charge in [-0.3, -0.25) is 4.79 Å². The number of hydrogen-bond donors (Lipinski definition) is 1. The SMILES string of the molecule is CCC(CCBr)NC(=O)Cc1ccc2ccccc2c1. The van der Waals surface area contributed by atoms with Crippen molar-refractivity contribution in [3.8, 4) is 0 Å². The zero-order chi connectivity index (χ0) is 14.4. The zero-order valence-corrected chi connectivity index (χ0v) is 13.3. The minimum absolute atomic E-state index is 0.105. The number of fused-ring (bicyclic) bond motifs is 1. The maximum absolute atomic E-state index is 12.1. The molecule has 1 unspecified atom stereocenters. The molecule has 0 saturated heterocycles. The third-order valence-electron chi connectivity index (χ3n) is 3.49. The lowest BCUT2D eigenvalue weighted by Gasteiger charge is -2.15. The molecule has 0 radical (unpaired) electrons. The molecule has 2 aromatic carbocycles. The fourth-order valence-corrected chi connectivity index (χ4v) is 2.88. The number of rotatable bonds is 6. The van der Waals surface area contributed by atoms with Crippen molar-refractivity contribution in [2.24, 2.45) is 0 Å². The van der Waals surface area contributed by atoms with Crippen molar-refractivity contribution in [1.29, 1.82) is 0 Å². The average Bonchev–Trinajstić information content (AvgIpc) is 2.46. The van der Waals surface area contributed by atoms with Gasteiger partial charge in [0, 0.05) is 11.4 Å². The van der Waals surface area contributed by atoms with Crippen LogP contribution < -0.4 is 5.32 Å². The highest BCUT2D eigenvalue weighted by atomic mass is 79.9. The number of benzene rings is 2. The minimum Gasteiger partial charge on any atom is -0.353 e. The van der Waals surface area contributed by atoms with Crippen molar-refractivity contribution in [3.05, 3.63) is 48.0 Å². The van der Waals surface area contributed by atoms with Gasteiger partial charge in [-0.15, -0.1) is 0 Å². The van der Waals surface area contributed by atoms with Crippen LogP contribution in [0.3, 0.4) is 0 Å². The van der Waals surface area contributed by atoms with Crippen LogP contribution in [-0.4, -0.2) is 17.3 Å². The quantitative estimate of drug-likeness (QED) is 0.793. The molecule has 0 aliphatic rings. The number of hydrogen-bond acceptors (Lipinski definition) is 1. The molecule has 1 amide bonds. The van der Waals surface area contributed by atoms with E-state index in [-0.39, 0.29) is 11.9 Å². The lowest BCUT2D eigenvalue weighted by atomic mass is 10.0. The number of carbonyl (C=O) groups excluding carboxylic acids is 1. The van der Waals surface area contributed by atoms with Crippen molar-refractivity contribution in [3.63, 3.8) is 0 Å². The summed E-state index contributed by atoms with van der Waals surface area (Å²) in [6.07, 6.45) is 2.39. The fourth-order valence-electron chi connectivity index (χ4n) is 2.32. The summed E-state index contributed by atoms with van der Waals surface area (Å²) in [5.41, 5.74) is 1.06. The molecule has 2 aromatic rings. The van der Waals surface area contributed by atoms with Gasteiger partial charge >= 0.3 is 0 Å². The molecule has 0 spiro atoms. The Kier molecular flexibility index (Phi) is 5.60. The lowest BCUT2D eigenvalue weighted by Crippen LogP contribution is -2.35. The van der Waals surface area contributed by atoms with Crippen LogP contribution in [0.25, 0.3) is 10.8 Å². The van der Waals surface area contributed by atoms with E-state index in [4.69, 9.17) is 0 Å².